The Hall–Kier alpha value is -3.18. The van der Waals surface area contributed by atoms with Crippen molar-refractivity contribution in [3.8, 4) is 11.1 Å². The first-order chi connectivity index (χ1) is 12.6. The number of benzene rings is 2. The van der Waals surface area contributed by atoms with Gasteiger partial charge in [0.2, 0.25) is 5.91 Å². The predicted molar refractivity (Wildman–Crippen MR) is 106 cm³/mol. The van der Waals surface area contributed by atoms with Crippen LogP contribution in [0.3, 0.4) is 0 Å². The van der Waals surface area contributed by atoms with Gasteiger partial charge in [0, 0.05) is 16.5 Å². The first-order valence-electron chi connectivity index (χ1n) is 8.02. The molecule has 5 heteroatoms. The quantitative estimate of drug-likeness (QED) is 0.622. The number of amides is 1. The van der Waals surface area contributed by atoms with Crippen LogP contribution in [-0.4, -0.2) is 17.0 Å². The average Bonchev–Trinajstić information content (AvgIpc) is 2.97. The number of hydrogen-bond donors (Lipinski definition) is 2. The zero-order valence-electron chi connectivity index (χ0n) is 14.1. The van der Waals surface area contributed by atoms with Gasteiger partial charge in [-0.15, -0.1) is 11.3 Å². The minimum absolute atomic E-state index is 0.125. The van der Waals surface area contributed by atoms with Gasteiger partial charge in [0.1, 0.15) is 10.6 Å². The van der Waals surface area contributed by atoms with E-state index < -0.39 is 5.97 Å². The number of carbonyl (C=O) groups excluding carboxylic acids is 1. The van der Waals surface area contributed by atoms with Crippen LogP contribution in [0.5, 0.6) is 0 Å². The third kappa shape index (κ3) is 3.90. The molecule has 0 radical (unpaired) electrons. The maximum absolute atomic E-state index is 12.2. The Kier molecular flexibility index (Phi) is 5.29. The Bertz CT molecular complexity index is 960. The van der Waals surface area contributed by atoms with Crippen molar-refractivity contribution in [2.45, 2.75) is 6.92 Å². The molecule has 2 N–H and O–H groups in total. The van der Waals surface area contributed by atoms with Crippen LogP contribution >= 0.6 is 11.3 Å². The predicted octanol–water partition coefficient (Wildman–Crippen LogP) is 5.07. The van der Waals surface area contributed by atoms with E-state index in [0.717, 1.165) is 16.0 Å². The van der Waals surface area contributed by atoms with Gasteiger partial charge < -0.3 is 10.4 Å². The molecule has 1 amide bonds. The first kappa shape index (κ1) is 17.6. The van der Waals surface area contributed by atoms with Crippen molar-refractivity contribution in [2.24, 2.45) is 0 Å². The van der Waals surface area contributed by atoms with Crippen molar-refractivity contribution in [3.63, 3.8) is 0 Å². The van der Waals surface area contributed by atoms with Crippen LogP contribution in [-0.2, 0) is 4.79 Å². The van der Waals surface area contributed by atoms with Gasteiger partial charge in [-0.3, -0.25) is 4.79 Å². The van der Waals surface area contributed by atoms with Crippen molar-refractivity contribution < 1.29 is 14.7 Å². The van der Waals surface area contributed by atoms with Crippen LogP contribution in [0.25, 0.3) is 17.2 Å². The zero-order valence-corrected chi connectivity index (χ0v) is 14.9. The zero-order chi connectivity index (χ0) is 18.5. The number of anilines is 1. The molecule has 0 aliphatic rings. The molecule has 4 nitrogen and oxygen atoms in total. The number of nitrogens with one attached hydrogen (secondary N) is 1. The van der Waals surface area contributed by atoms with E-state index in [4.69, 9.17) is 0 Å². The number of aryl methyl sites for hydroxylation is 1. The summed E-state index contributed by atoms with van der Waals surface area (Å²) in [6.07, 6.45) is 3.09. The Morgan fingerprint density at radius 2 is 1.62 bits per heavy atom. The second kappa shape index (κ2) is 7.80. The van der Waals surface area contributed by atoms with E-state index in [-0.39, 0.29) is 11.5 Å². The van der Waals surface area contributed by atoms with E-state index in [1.165, 1.54) is 17.4 Å². The summed E-state index contributed by atoms with van der Waals surface area (Å²) in [6, 6.07) is 18.8. The van der Waals surface area contributed by atoms with E-state index in [2.05, 4.69) is 5.32 Å². The van der Waals surface area contributed by atoms with Crippen molar-refractivity contribution in [1.82, 2.24) is 0 Å². The topological polar surface area (TPSA) is 66.4 Å². The van der Waals surface area contributed by atoms with Gasteiger partial charge in [-0.05, 0) is 24.1 Å². The Labute approximate surface area is 155 Å². The Balaban J connectivity index is 1.90. The molecule has 3 rings (SSSR count). The van der Waals surface area contributed by atoms with Gasteiger partial charge in [-0.2, -0.15) is 0 Å². The number of thiophene rings is 1. The molecule has 2 aromatic carbocycles. The number of rotatable bonds is 5. The van der Waals surface area contributed by atoms with Crippen molar-refractivity contribution >= 4 is 34.3 Å². The number of hydrogen-bond acceptors (Lipinski definition) is 3. The molecule has 0 fully saturated rings. The number of carbonyl (C=O) groups is 2. The lowest BCUT2D eigenvalue weighted by molar-refractivity contribution is -0.111. The summed E-state index contributed by atoms with van der Waals surface area (Å²) in [5.41, 5.74) is 2.48. The third-order valence-corrected chi connectivity index (χ3v) is 4.84. The second-order valence-corrected chi connectivity index (χ2v) is 6.87. The molecule has 26 heavy (non-hydrogen) atoms. The normalized spacial score (nSPS) is 10.8. The number of carboxylic acids is 1. The average molecular weight is 363 g/mol. The van der Waals surface area contributed by atoms with Crippen molar-refractivity contribution in [1.29, 1.82) is 0 Å². The molecular weight excluding hydrogens is 346 g/mol. The third-order valence-electron chi connectivity index (χ3n) is 3.82. The summed E-state index contributed by atoms with van der Waals surface area (Å²) in [4.78, 5) is 24.9. The lowest BCUT2D eigenvalue weighted by atomic mass is 10.0. The van der Waals surface area contributed by atoms with Gasteiger partial charge in [-0.25, -0.2) is 4.79 Å². The fraction of sp³-hybridized carbons (Fsp3) is 0.0476. The maximum atomic E-state index is 12.2. The van der Waals surface area contributed by atoms with Gasteiger partial charge in [-0.1, -0.05) is 60.7 Å². The van der Waals surface area contributed by atoms with E-state index in [9.17, 15) is 14.7 Å². The van der Waals surface area contributed by atoms with Gasteiger partial charge in [0.05, 0.1) is 0 Å². The fourth-order valence-electron chi connectivity index (χ4n) is 2.68. The Morgan fingerprint density at radius 1 is 1.00 bits per heavy atom. The molecule has 1 heterocycles. The summed E-state index contributed by atoms with van der Waals surface area (Å²) < 4.78 is 0. The molecule has 0 aliphatic carbocycles. The molecule has 0 bridgehead atoms. The van der Waals surface area contributed by atoms with Crippen molar-refractivity contribution in [2.75, 3.05) is 5.32 Å². The van der Waals surface area contributed by atoms with Crippen LogP contribution in [0, 0.1) is 6.92 Å². The monoisotopic (exact) mass is 363 g/mol. The second-order valence-electron chi connectivity index (χ2n) is 5.64. The molecule has 0 aliphatic heterocycles. The van der Waals surface area contributed by atoms with Crippen LogP contribution < -0.4 is 5.32 Å². The minimum atomic E-state index is -1.06. The van der Waals surface area contributed by atoms with Crippen molar-refractivity contribution in [3.05, 3.63) is 82.7 Å². The van der Waals surface area contributed by atoms with Gasteiger partial charge in [0.15, 0.2) is 0 Å². The van der Waals surface area contributed by atoms with Crippen LogP contribution in [0.15, 0.2) is 66.7 Å². The van der Waals surface area contributed by atoms with Gasteiger partial charge >= 0.3 is 5.97 Å². The van der Waals surface area contributed by atoms with Crippen LogP contribution in [0.1, 0.15) is 20.8 Å². The molecular formula is C21H17NO3S. The summed E-state index contributed by atoms with van der Waals surface area (Å²) in [5.74, 6) is -1.42. The lowest BCUT2D eigenvalue weighted by Crippen LogP contribution is -2.10. The molecule has 3 aromatic rings. The molecule has 130 valence electrons. The van der Waals surface area contributed by atoms with E-state index in [0.29, 0.717) is 10.6 Å². The SMILES string of the molecule is Cc1sc(NC(=O)/C=C/c2ccccc2)c(C(=O)O)c1-c1ccccc1. The Morgan fingerprint density at radius 3 is 2.23 bits per heavy atom. The van der Waals surface area contributed by atoms with Crippen LogP contribution in [0.2, 0.25) is 0 Å². The smallest absolute Gasteiger partial charge is 0.339 e. The fourth-order valence-corrected chi connectivity index (χ4v) is 3.75. The molecule has 0 saturated heterocycles. The number of carboxylic acid groups (broad SMARTS) is 1. The standard InChI is InChI=1S/C21H17NO3S/c1-14-18(16-10-6-3-7-11-16)19(21(24)25)20(26-14)22-17(23)13-12-15-8-4-2-5-9-15/h2-13H,1H3,(H,22,23)(H,24,25)/b13-12+. The maximum Gasteiger partial charge on any atom is 0.339 e. The summed E-state index contributed by atoms with van der Waals surface area (Å²) >= 11 is 1.27. The number of aromatic carboxylic acids is 1. The molecule has 0 spiro atoms. The van der Waals surface area contributed by atoms with Gasteiger partial charge in [0.25, 0.3) is 0 Å². The summed E-state index contributed by atoms with van der Waals surface area (Å²) in [7, 11) is 0. The van der Waals surface area contributed by atoms with Crippen LogP contribution in [0.4, 0.5) is 5.00 Å². The highest BCUT2D eigenvalue weighted by Crippen LogP contribution is 2.39. The van der Waals surface area contributed by atoms with E-state index in [1.54, 1.807) is 6.08 Å². The molecule has 0 saturated carbocycles. The van der Waals surface area contributed by atoms with E-state index in [1.807, 2.05) is 67.6 Å². The lowest BCUT2D eigenvalue weighted by Gasteiger charge is -2.05. The highest BCUT2D eigenvalue weighted by atomic mass is 32.1. The first-order valence-corrected chi connectivity index (χ1v) is 8.84. The largest absolute Gasteiger partial charge is 0.478 e. The highest BCUT2D eigenvalue weighted by Gasteiger charge is 2.23. The summed E-state index contributed by atoms with van der Waals surface area (Å²) in [6.45, 7) is 1.86. The molecule has 0 atom stereocenters. The highest BCUT2D eigenvalue weighted by molar-refractivity contribution is 7.17. The summed E-state index contributed by atoms with van der Waals surface area (Å²) in [5, 5.41) is 12.7. The van der Waals surface area contributed by atoms with E-state index >= 15 is 0 Å². The minimum Gasteiger partial charge on any atom is -0.478 e. The molecule has 0 unspecified atom stereocenters. The molecule has 1 aromatic heterocycles.